The van der Waals surface area contributed by atoms with Gasteiger partial charge in [0.05, 0.1) is 6.04 Å². The molecule has 2 saturated heterocycles. The van der Waals surface area contributed by atoms with Crippen molar-refractivity contribution in [2.45, 2.75) is 43.8 Å². The summed E-state index contributed by atoms with van der Waals surface area (Å²) in [6.07, 6.45) is 0.103. The molecule has 1 aromatic carbocycles. The van der Waals surface area contributed by atoms with Crippen LogP contribution in [0.4, 0.5) is 8.78 Å². The summed E-state index contributed by atoms with van der Waals surface area (Å²) in [5, 5.41) is 0. The fourth-order valence-corrected chi connectivity index (χ4v) is 3.12. The molecule has 2 atom stereocenters. The van der Waals surface area contributed by atoms with Crippen molar-refractivity contribution in [1.29, 1.82) is 0 Å². The molecule has 96 valence electrons. The third-order valence-corrected chi connectivity index (χ3v) is 3.96. The van der Waals surface area contributed by atoms with Crippen LogP contribution in [0.1, 0.15) is 24.8 Å². The molecule has 1 aromatic rings. The van der Waals surface area contributed by atoms with Gasteiger partial charge < -0.3 is 0 Å². The highest BCUT2D eigenvalue weighted by atomic mass is 19.3. The lowest BCUT2D eigenvalue weighted by Crippen LogP contribution is -2.46. The summed E-state index contributed by atoms with van der Waals surface area (Å²) < 4.78 is 27.7. The molecule has 2 nitrogen and oxygen atoms in total. The molecule has 0 spiro atoms. The van der Waals surface area contributed by atoms with Gasteiger partial charge in [-0.05, 0) is 5.56 Å². The van der Waals surface area contributed by atoms with E-state index in [1.165, 1.54) is 0 Å². The van der Waals surface area contributed by atoms with Crippen LogP contribution in [-0.4, -0.2) is 28.7 Å². The van der Waals surface area contributed by atoms with E-state index in [2.05, 4.69) is 0 Å². The van der Waals surface area contributed by atoms with Crippen LogP contribution in [0.25, 0.3) is 0 Å². The summed E-state index contributed by atoms with van der Waals surface area (Å²) in [6, 6.07) is 8.42. The first-order valence-electron chi connectivity index (χ1n) is 6.25. The quantitative estimate of drug-likeness (QED) is 0.805. The largest absolute Gasteiger partial charge is 0.300 e. The average Bonchev–Trinajstić information content (AvgIpc) is 2.47. The van der Waals surface area contributed by atoms with Gasteiger partial charge in [0.25, 0.3) is 5.92 Å². The molecule has 4 heteroatoms. The van der Waals surface area contributed by atoms with Gasteiger partial charge >= 0.3 is 0 Å². The maximum absolute atomic E-state index is 13.8. The lowest BCUT2D eigenvalue weighted by atomic mass is 10.00. The molecule has 0 radical (unpaired) electrons. The van der Waals surface area contributed by atoms with E-state index in [0.717, 1.165) is 5.56 Å². The second-order valence-electron chi connectivity index (χ2n) is 5.24. The van der Waals surface area contributed by atoms with Gasteiger partial charge in [0.2, 0.25) is 0 Å². The summed E-state index contributed by atoms with van der Waals surface area (Å²) in [5.41, 5.74) is 1.03. The Labute approximate surface area is 105 Å². The number of carbonyl (C=O) groups excluding carboxylic acids is 1. The second kappa shape index (κ2) is 4.12. The number of alkyl halides is 2. The van der Waals surface area contributed by atoms with Gasteiger partial charge in [-0.2, -0.15) is 0 Å². The van der Waals surface area contributed by atoms with Crippen molar-refractivity contribution in [3.63, 3.8) is 0 Å². The van der Waals surface area contributed by atoms with Crippen molar-refractivity contribution >= 4 is 5.78 Å². The van der Waals surface area contributed by atoms with E-state index in [0.29, 0.717) is 6.54 Å². The molecule has 0 aliphatic carbocycles. The van der Waals surface area contributed by atoms with E-state index in [1.807, 2.05) is 35.2 Å². The number of hydrogen-bond donors (Lipinski definition) is 0. The number of hydrogen-bond acceptors (Lipinski definition) is 2. The Kier molecular flexibility index (Phi) is 2.70. The monoisotopic (exact) mass is 251 g/mol. The molecule has 3 rings (SSSR count). The van der Waals surface area contributed by atoms with Crippen molar-refractivity contribution in [3.8, 4) is 0 Å². The topological polar surface area (TPSA) is 20.3 Å². The average molecular weight is 251 g/mol. The molecule has 2 fully saturated rings. The van der Waals surface area contributed by atoms with Crippen LogP contribution in [0.15, 0.2) is 30.3 Å². The summed E-state index contributed by atoms with van der Waals surface area (Å²) in [5.74, 6) is -2.74. The molecule has 0 aromatic heterocycles. The third kappa shape index (κ3) is 1.94. The molecule has 2 heterocycles. The van der Waals surface area contributed by atoms with E-state index in [-0.39, 0.29) is 31.1 Å². The zero-order chi connectivity index (χ0) is 12.8. The van der Waals surface area contributed by atoms with E-state index in [9.17, 15) is 13.6 Å². The van der Waals surface area contributed by atoms with Gasteiger partial charge in [-0.15, -0.1) is 0 Å². The van der Waals surface area contributed by atoms with Crippen molar-refractivity contribution in [3.05, 3.63) is 35.9 Å². The number of benzene rings is 1. The normalized spacial score (nSPS) is 30.7. The predicted molar refractivity (Wildman–Crippen MR) is 63.4 cm³/mol. The maximum Gasteiger partial charge on any atom is 0.265 e. The highest BCUT2D eigenvalue weighted by Gasteiger charge is 2.57. The molecule has 0 N–H and O–H groups in total. The number of carbonyl (C=O) groups is 1. The minimum atomic E-state index is -2.72. The Morgan fingerprint density at radius 2 is 1.94 bits per heavy atom. The summed E-state index contributed by atoms with van der Waals surface area (Å²) >= 11 is 0. The van der Waals surface area contributed by atoms with Gasteiger partial charge in [-0.25, -0.2) is 8.78 Å². The van der Waals surface area contributed by atoms with Crippen LogP contribution >= 0.6 is 0 Å². The first-order chi connectivity index (χ1) is 8.56. The molecule has 18 heavy (non-hydrogen) atoms. The first-order valence-corrected chi connectivity index (χ1v) is 6.25. The number of fused-ring (bicyclic) bond motifs is 2. The van der Waals surface area contributed by atoms with Gasteiger partial charge in [-0.3, -0.25) is 9.69 Å². The lowest BCUT2D eigenvalue weighted by Gasteiger charge is -2.34. The number of Topliss-reactive ketones (excluding diaryl/α,β-unsaturated/α-hetero) is 1. The molecular formula is C14H15F2NO. The van der Waals surface area contributed by atoms with Crippen LogP contribution in [-0.2, 0) is 11.3 Å². The van der Waals surface area contributed by atoms with Crippen LogP contribution in [0, 0.1) is 0 Å². The van der Waals surface area contributed by atoms with Gasteiger partial charge in [0, 0.05) is 31.8 Å². The zero-order valence-corrected chi connectivity index (χ0v) is 9.98. The van der Waals surface area contributed by atoms with Crippen molar-refractivity contribution in [1.82, 2.24) is 4.90 Å². The Hall–Kier alpha value is -1.29. The SMILES string of the molecule is O=C1CC2CC(F)(F)C(C1)N2Cc1ccccc1. The Morgan fingerprint density at radius 1 is 1.22 bits per heavy atom. The number of nitrogens with zero attached hydrogens (tertiary/aromatic N) is 1. The first kappa shape index (κ1) is 11.8. The fraction of sp³-hybridized carbons (Fsp3) is 0.500. The number of ketones is 1. The number of rotatable bonds is 2. The molecule has 0 amide bonds. The highest BCUT2D eigenvalue weighted by Crippen LogP contribution is 2.45. The molecule has 0 saturated carbocycles. The molecule has 2 unspecified atom stereocenters. The predicted octanol–water partition coefficient (Wildman–Crippen LogP) is 2.63. The zero-order valence-electron chi connectivity index (χ0n) is 9.98. The minimum absolute atomic E-state index is 0.00364. The van der Waals surface area contributed by atoms with E-state index < -0.39 is 12.0 Å². The van der Waals surface area contributed by atoms with Gasteiger partial charge in [0.1, 0.15) is 5.78 Å². The standard InChI is InChI=1S/C14H15F2NO/c15-14(16)8-11-6-12(18)7-13(14)17(11)9-10-4-2-1-3-5-10/h1-5,11,13H,6-9H2. The number of halogens is 2. The smallest absolute Gasteiger partial charge is 0.265 e. The molecule has 2 bridgehead atoms. The van der Waals surface area contributed by atoms with Crippen molar-refractivity contribution in [2.24, 2.45) is 0 Å². The maximum atomic E-state index is 13.8. The summed E-state index contributed by atoms with van der Waals surface area (Å²) in [7, 11) is 0. The molecule has 2 aliphatic heterocycles. The van der Waals surface area contributed by atoms with Crippen molar-refractivity contribution < 1.29 is 13.6 Å². The summed E-state index contributed by atoms with van der Waals surface area (Å²) in [4.78, 5) is 13.3. The minimum Gasteiger partial charge on any atom is -0.300 e. The Morgan fingerprint density at radius 3 is 2.61 bits per heavy atom. The summed E-state index contributed by atoms with van der Waals surface area (Å²) in [6.45, 7) is 0.513. The molecular weight excluding hydrogens is 236 g/mol. The third-order valence-electron chi connectivity index (χ3n) is 3.96. The Bertz CT molecular complexity index is 460. The van der Waals surface area contributed by atoms with Crippen LogP contribution in [0.5, 0.6) is 0 Å². The van der Waals surface area contributed by atoms with Gasteiger partial charge in [-0.1, -0.05) is 30.3 Å². The Balaban J connectivity index is 1.83. The second-order valence-corrected chi connectivity index (χ2v) is 5.24. The van der Waals surface area contributed by atoms with E-state index in [4.69, 9.17) is 0 Å². The fourth-order valence-electron chi connectivity index (χ4n) is 3.12. The molecule has 2 aliphatic rings. The van der Waals surface area contributed by atoms with Crippen LogP contribution in [0.2, 0.25) is 0 Å². The number of piperidine rings is 1. The van der Waals surface area contributed by atoms with Crippen molar-refractivity contribution in [2.75, 3.05) is 0 Å². The van der Waals surface area contributed by atoms with E-state index >= 15 is 0 Å². The lowest BCUT2D eigenvalue weighted by molar-refractivity contribution is -0.127. The van der Waals surface area contributed by atoms with Crippen LogP contribution < -0.4 is 0 Å². The highest BCUT2D eigenvalue weighted by molar-refractivity contribution is 5.81. The van der Waals surface area contributed by atoms with Gasteiger partial charge in [0.15, 0.2) is 0 Å². The van der Waals surface area contributed by atoms with Crippen LogP contribution in [0.3, 0.4) is 0 Å². The van der Waals surface area contributed by atoms with E-state index in [1.54, 1.807) is 0 Å².